The third kappa shape index (κ3) is 4.98. The number of pyridine rings is 1. The molecule has 0 aliphatic rings. The maximum absolute atomic E-state index is 8.89. The van der Waals surface area contributed by atoms with E-state index in [1.165, 1.54) is 0 Å². The van der Waals surface area contributed by atoms with Gasteiger partial charge in [0.15, 0.2) is 0 Å². The van der Waals surface area contributed by atoms with Gasteiger partial charge in [0.25, 0.3) is 0 Å². The first-order valence-corrected chi connectivity index (χ1v) is 6.83. The molecule has 4 nitrogen and oxygen atoms in total. The Bertz CT molecular complexity index is 410. The Morgan fingerprint density at radius 2 is 2.16 bits per heavy atom. The number of methoxy groups -OCH3 is 1. The molecule has 4 heteroatoms. The van der Waals surface area contributed by atoms with E-state index in [1.54, 1.807) is 13.3 Å². The van der Waals surface area contributed by atoms with Crippen molar-refractivity contribution in [3.05, 3.63) is 29.6 Å². The van der Waals surface area contributed by atoms with Crippen molar-refractivity contribution in [3.8, 4) is 6.07 Å². The lowest BCUT2D eigenvalue weighted by Crippen LogP contribution is -2.36. The van der Waals surface area contributed by atoms with Crippen molar-refractivity contribution in [2.24, 2.45) is 0 Å². The Hall–Kier alpha value is -1.44. The van der Waals surface area contributed by atoms with Crippen LogP contribution in [0.2, 0.25) is 0 Å². The van der Waals surface area contributed by atoms with Crippen molar-refractivity contribution < 1.29 is 4.74 Å². The largest absolute Gasteiger partial charge is 0.383 e. The van der Waals surface area contributed by atoms with E-state index in [0.29, 0.717) is 11.7 Å². The van der Waals surface area contributed by atoms with Crippen LogP contribution in [0.1, 0.15) is 37.9 Å². The molecule has 0 saturated carbocycles. The van der Waals surface area contributed by atoms with Gasteiger partial charge < -0.3 is 4.74 Å². The van der Waals surface area contributed by atoms with Gasteiger partial charge in [-0.3, -0.25) is 4.90 Å². The molecule has 0 unspecified atom stereocenters. The van der Waals surface area contributed by atoms with E-state index in [9.17, 15) is 0 Å². The number of hydrogen-bond donors (Lipinski definition) is 0. The monoisotopic (exact) mass is 261 g/mol. The molecule has 0 N–H and O–H groups in total. The van der Waals surface area contributed by atoms with E-state index in [2.05, 4.69) is 29.8 Å². The molecule has 0 aliphatic heterocycles. The molecule has 0 aromatic carbocycles. The van der Waals surface area contributed by atoms with Crippen LogP contribution >= 0.6 is 0 Å². The Balaban J connectivity index is 2.77. The van der Waals surface area contributed by atoms with Crippen LogP contribution in [-0.2, 0) is 11.3 Å². The first-order valence-electron chi connectivity index (χ1n) is 6.83. The van der Waals surface area contributed by atoms with E-state index in [4.69, 9.17) is 10.00 Å². The molecule has 1 heterocycles. The second kappa shape index (κ2) is 8.63. The summed E-state index contributed by atoms with van der Waals surface area (Å²) in [7, 11) is 1.73. The summed E-state index contributed by atoms with van der Waals surface area (Å²) < 4.78 is 5.19. The van der Waals surface area contributed by atoms with Gasteiger partial charge in [-0.2, -0.15) is 5.26 Å². The zero-order chi connectivity index (χ0) is 14.1. The highest BCUT2D eigenvalue weighted by Gasteiger charge is 2.15. The van der Waals surface area contributed by atoms with Gasteiger partial charge in [0.1, 0.15) is 11.8 Å². The molecule has 0 atom stereocenters. The fraction of sp³-hybridized carbons (Fsp3) is 0.600. The maximum atomic E-state index is 8.89. The molecule has 0 spiro atoms. The molecule has 104 valence electrons. The van der Waals surface area contributed by atoms with Crippen molar-refractivity contribution in [1.29, 1.82) is 5.26 Å². The molecule has 19 heavy (non-hydrogen) atoms. The van der Waals surface area contributed by atoms with Gasteiger partial charge in [-0.1, -0.05) is 13.8 Å². The van der Waals surface area contributed by atoms with E-state index >= 15 is 0 Å². The van der Waals surface area contributed by atoms with E-state index in [1.807, 2.05) is 12.1 Å². The summed E-state index contributed by atoms with van der Waals surface area (Å²) in [5, 5.41) is 8.89. The zero-order valence-corrected chi connectivity index (χ0v) is 12.1. The van der Waals surface area contributed by atoms with Crippen molar-refractivity contribution in [1.82, 2.24) is 9.88 Å². The standard InChI is InChI=1S/C15H23N3O/c1-4-15(5-2)18(8-9-19-3)12-13-6-7-17-14(10-13)11-16/h6-7,10,15H,4-5,8-9,12H2,1-3H3. The Kier molecular flexibility index (Phi) is 7.09. The number of aromatic nitrogens is 1. The minimum atomic E-state index is 0.480. The third-order valence-corrected chi connectivity index (χ3v) is 3.37. The van der Waals surface area contributed by atoms with Gasteiger partial charge in [-0.05, 0) is 30.5 Å². The summed E-state index contributed by atoms with van der Waals surface area (Å²) in [4.78, 5) is 6.42. The molecule has 0 aliphatic carbocycles. The first-order chi connectivity index (χ1) is 9.24. The predicted octanol–water partition coefficient (Wildman–Crippen LogP) is 2.59. The van der Waals surface area contributed by atoms with Crippen LogP contribution in [0.15, 0.2) is 18.3 Å². The van der Waals surface area contributed by atoms with Crippen LogP contribution in [0, 0.1) is 11.3 Å². The lowest BCUT2D eigenvalue weighted by Gasteiger charge is -2.30. The maximum Gasteiger partial charge on any atom is 0.140 e. The summed E-state index contributed by atoms with van der Waals surface area (Å²) in [5.41, 5.74) is 1.61. The second-order valence-corrected chi connectivity index (χ2v) is 4.59. The summed E-state index contributed by atoms with van der Waals surface area (Å²) >= 11 is 0. The SMILES string of the molecule is CCC(CC)N(CCOC)Cc1ccnc(C#N)c1. The average Bonchev–Trinajstić information content (AvgIpc) is 2.46. The molecule has 0 fully saturated rings. The molecule has 0 bridgehead atoms. The fourth-order valence-electron chi connectivity index (χ4n) is 2.27. The molecular formula is C15H23N3O. The second-order valence-electron chi connectivity index (χ2n) is 4.59. The normalized spacial score (nSPS) is 10.9. The molecule has 1 aromatic rings. The Labute approximate surface area is 116 Å². The highest BCUT2D eigenvalue weighted by Crippen LogP contribution is 2.13. The van der Waals surface area contributed by atoms with Gasteiger partial charge in [0, 0.05) is 32.4 Å². The third-order valence-electron chi connectivity index (χ3n) is 3.37. The van der Waals surface area contributed by atoms with Crippen LogP contribution in [0.5, 0.6) is 0 Å². The number of hydrogen-bond acceptors (Lipinski definition) is 4. The zero-order valence-electron chi connectivity index (χ0n) is 12.1. The Morgan fingerprint density at radius 1 is 1.42 bits per heavy atom. The summed E-state index contributed by atoms with van der Waals surface area (Å²) in [6.45, 7) is 6.90. The number of nitriles is 1. The van der Waals surface area contributed by atoms with Gasteiger partial charge in [0.2, 0.25) is 0 Å². The van der Waals surface area contributed by atoms with Crippen LogP contribution in [0.25, 0.3) is 0 Å². The molecule has 0 saturated heterocycles. The minimum Gasteiger partial charge on any atom is -0.383 e. The smallest absolute Gasteiger partial charge is 0.140 e. The Morgan fingerprint density at radius 3 is 2.74 bits per heavy atom. The van der Waals surface area contributed by atoms with E-state index < -0.39 is 0 Å². The molecule has 1 rings (SSSR count). The van der Waals surface area contributed by atoms with Crippen LogP contribution in [-0.4, -0.2) is 36.2 Å². The van der Waals surface area contributed by atoms with Gasteiger partial charge in [-0.25, -0.2) is 4.98 Å². The molecule has 1 aromatic heterocycles. The highest BCUT2D eigenvalue weighted by molar-refractivity contribution is 5.25. The van der Waals surface area contributed by atoms with Gasteiger partial charge >= 0.3 is 0 Å². The summed E-state index contributed by atoms with van der Waals surface area (Å²) in [5.74, 6) is 0. The lowest BCUT2D eigenvalue weighted by molar-refractivity contribution is 0.110. The minimum absolute atomic E-state index is 0.480. The predicted molar refractivity (Wildman–Crippen MR) is 75.6 cm³/mol. The number of ether oxygens (including phenoxy) is 1. The van der Waals surface area contributed by atoms with E-state index in [0.717, 1.165) is 38.1 Å². The molecule has 0 amide bonds. The number of rotatable bonds is 8. The van der Waals surface area contributed by atoms with Gasteiger partial charge in [0.05, 0.1) is 6.61 Å². The van der Waals surface area contributed by atoms with Crippen molar-refractivity contribution in [3.63, 3.8) is 0 Å². The van der Waals surface area contributed by atoms with Crippen molar-refractivity contribution >= 4 is 0 Å². The van der Waals surface area contributed by atoms with Crippen LogP contribution < -0.4 is 0 Å². The van der Waals surface area contributed by atoms with Crippen molar-refractivity contribution in [2.75, 3.05) is 20.3 Å². The average molecular weight is 261 g/mol. The van der Waals surface area contributed by atoms with Gasteiger partial charge in [-0.15, -0.1) is 0 Å². The first kappa shape index (κ1) is 15.6. The lowest BCUT2D eigenvalue weighted by atomic mass is 10.1. The van der Waals surface area contributed by atoms with E-state index in [-0.39, 0.29) is 0 Å². The number of nitrogens with zero attached hydrogens (tertiary/aromatic N) is 3. The fourth-order valence-corrected chi connectivity index (χ4v) is 2.27. The molecule has 0 radical (unpaired) electrons. The quantitative estimate of drug-likeness (QED) is 0.721. The topological polar surface area (TPSA) is 49.1 Å². The van der Waals surface area contributed by atoms with Crippen molar-refractivity contribution in [2.45, 2.75) is 39.3 Å². The van der Waals surface area contributed by atoms with Crippen LogP contribution in [0.3, 0.4) is 0 Å². The molecular weight excluding hydrogens is 238 g/mol. The van der Waals surface area contributed by atoms with Crippen LogP contribution in [0.4, 0.5) is 0 Å². The highest BCUT2D eigenvalue weighted by atomic mass is 16.5. The summed E-state index contributed by atoms with van der Waals surface area (Å²) in [6, 6.07) is 6.48. The summed E-state index contributed by atoms with van der Waals surface area (Å²) in [6.07, 6.45) is 3.95.